The van der Waals surface area contributed by atoms with Crippen LogP contribution in [0.15, 0.2) is 60.7 Å². The fourth-order valence-electron chi connectivity index (χ4n) is 2.85. The van der Waals surface area contributed by atoms with Crippen molar-refractivity contribution >= 4 is 0 Å². The fraction of sp³-hybridized carbons (Fsp3) is 0.455. The van der Waals surface area contributed by atoms with Gasteiger partial charge in [-0.2, -0.15) is 0 Å². The molecule has 0 saturated heterocycles. The van der Waals surface area contributed by atoms with Gasteiger partial charge in [-0.05, 0) is 26.3 Å². The number of aliphatic hydroxyl groups excluding tert-OH is 1. The average Bonchev–Trinajstić information content (AvgIpc) is 2.59. The van der Waals surface area contributed by atoms with E-state index in [1.165, 1.54) is 16.0 Å². The summed E-state index contributed by atoms with van der Waals surface area (Å²) in [5, 5.41) is 10.4. The molecular formula is C22H32NO2+. The Balaban J connectivity index is 1.93. The lowest BCUT2D eigenvalue weighted by atomic mass is 10.1. The predicted molar refractivity (Wildman–Crippen MR) is 103 cm³/mol. The Bertz CT molecular complexity index is 592. The average molecular weight is 343 g/mol. The molecule has 0 bridgehead atoms. The van der Waals surface area contributed by atoms with E-state index in [1.54, 1.807) is 0 Å². The second kappa shape index (κ2) is 9.71. The molecule has 25 heavy (non-hydrogen) atoms. The molecule has 136 valence electrons. The Kier molecular flexibility index (Phi) is 7.63. The molecule has 0 saturated carbocycles. The molecule has 1 unspecified atom stereocenters. The van der Waals surface area contributed by atoms with Crippen LogP contribution in [0.25, 0.3) is 0 Å². The number of aliphatic hydroxyl groups is 1. The third kappa shape index (κ3) is 8.30. The van der Waals surface area contributed by atoms with Crippen LogP contribution in [-0.2, 0) is 17.7 Å². The zero-order chi connectivity index (χ0) is 18.1. The van der Waals surface area contributed by atoms with Gasteiger partial charge in [0, 0.05) is 12.0 Å². The highest BCUT2D eigenvalue weighted by Crippen LogP contribution is 2.06. The van der Waals surface area contributed by atoms with Gasteiger partial charge in [0.15, 0.2) is 0 Å². The van der Waals surface area contributed by atoms with Crippen molar-refractivity contribution in [1.29, 1.82) is 0 Å². The smallest absolute Gasteiger partial charge is 0.126 e. The Labute approximate surface area is 152 Å². The molecule has 0 aliphatic rings. The third-order valence-corrected chi connectivity index (χ3v) is 4.14. The molecule has 2 N–H and O–H groups in total. The van der Waals surface area contributed by atoms with E-state index in [1.807, 2.05) is 32.9 Å². The van der Waals surface area contributed by atoms with Crippen molar-refractivity contribution < 1.29 is 14.7 Å². The quantitative estimate of drug-likeness (QED) is 0.734. The van der Waals surface area contributed by atoms with Crippen LogP contribution in [0, 0.1) is 0 Å². The number of nitrogens with one attached hydrogen (secondary N) is 1. The van der Waals surface area contributed by atoms with E-state index in [0.717, 1.165) is 19.5 Å². The normalized spacial score (nSPS) is 14.2. The molecule has 0 aliphatic carbocycles. The Morgan fingerprint density at radius 2 is 1.48 bits per heavy atom. The van der Waals surface area contributed by atoms with Gasteiger partial charge in [-0.1, -0.05) is 60.7 Å². The summed E-state index contributed by atoms with van der Waals surface area (Å²) in [5.41, 5.74) is 2.42. The van der Waals surface area contributed by atoms with Crippen LogP contribution in [0.1, 0.15) is 31.9 Å². The standard InChI is InChI=1S/C22H31NO2/c1-22(2,3)25-18-21(24)17-23(16-20-12-8-5-9-13-20)15-14-19-10-6-4-7-11-19/h4-13,21,24H,14-18H2,1-3H3/p+1/t21-/m1/s1. The summed E-state index contributed by atoms with van der Waals surface area (Å²) in [4.78, 5) is 1.38. The first-order valence-electron chi connectivity index (χ1n) is 9.16. The van der Waals surface area contributed by atoms with Crippen LogP contribution in [0.4, 0.5) is 0 Å². The van der Waals surface area contributed by atoms with Crippen molar-refractivity contribution in [2.24, 2.45) is 0 Å². The molecule has 2 aromatic rings. The predicted octanol–water partition coefficient (Wildman–Crippen LogP) is 2.49. The van der Waals surface area contributed by atoms with E-state index >= 15 is 0 Å². The maximum absolute atomic E-state index is 10.4. The SMILES string of the molecule is CC(C)(C)OC[C@H](O)C[NH+](CCc1ccccc1)Cc1ccccc1. The van der Waals surface area contributed by atoms with Crippen LogP contribution in [0.3, 0.4) is 0 Å². The van der Waals surface area contributed by atoms with Crippen molar-refractivity contribution in [2.75, 3.05) is 19.7 Å². The molecule has 2 atom stereocenters. The molecule has 2 aromatic carbocycles. The van der Waals surface area contributed by atoms with Crippen molar-refractivity contribution in [3.8, 4) is 0 Å². The zero-order valence-electron chi connectivity index (χ0n) is 15.7. The highest BCUT2D eigenvalue weighted by atomic mass is 16.5. The second-order valence-corrected chi connectivity index (χ2v) is 7.68. The van der Waals surface area contributed by atoms with Crippen LogP contribution in [0.5, 0.6) is 0 Å². The van der Waals surface area contributed by atoms with E-state index in [9.17, 15) is 5.11 Å². The molecule has 0 fully saturated rings. The molecule has 2 rings (SSSR count). The second-order valence-electron chi connectivity index (χ2n) is 7.68. The summed E-state index contributed by atoms with van der Waals surface area (Å²) in [6, 6.07) is 21.0. The topological polar surface area (TPSA) is 33.9 Å². The number of hydrogen-bond donors (Lipinski definition) is 2. The minimum absolute atomic E-state index is 0.218. The number of quaternary nitrogens is 1. The Morgan fingerprint density at radius 3 is 2.04 bits per heavy atom. The third-order valence-electron chi connectivity index (χ3n) is 4.14. The van der Waals surface area contributed by atoms with Gasteiger partial charge in [0.1, 0.15) is 19.2 Å². The van der Waals surface area contributed by atoms with E-state index in [-0.39, 0.29) is 5.60 Å². The van der Waals surface area contributed by atoms with E-state index in [2.05, 4.69) is 48.5 Å². The largest absolute Gasteiger partial charge is 0.385 e. The van der Waals surface area contributed by atoms with Gasteiger partial charge in [0.05, 0.1) is 18.8 Å². The lowest BCUT2D eigenvalue weighted by Crippen LogP contribution is -3.12. The highest BCUT2D eigenvalue weighted by molar-refractivity contribution is 5.15. The molecule has 0 amide bonds. The summed E-state index contributed by atoms with van der Waals surface area (Å²) in [5.74, 6) is 0. The lowest BCUT2D eigenvalue weighted by Gasteiger charge is -2.25. The van der Waals surface area contributed by atoms with Gasteiger partial charge in [-0.25, -0.2) is 0 Å². The molecule has 3 nitrogen and oxygen atoms in total. The molecule has 0 heterocycles. The lowest BCUT2D eigenvalue weighted by molar-refractivity contribution is -0.916. The summed E-state index contributed by atoms with van der Waals surface area (Å²) in [6.07, 6.45) is 0.560. The molecular weight excluding hydrogens is 310 g/mol. The van der Waals surface area contributed by atoms with Gasteiger partial charge >= 0.3 is 0 Å². The molecule has 0 aromatic heterocycles. The number of rotatable bonds is 9. The van der Waals surface area contributed by atoms with Crippen LogP contribution in [-0.4, -0.2) is 36.5 Å². The van der Waals surface area contributed by atoms with Crippen molar-refractivity contribution in [3.05, 3.63) is 71.8 Å². The fourth-order valence-corrected chi connectivity index (χ4v) is 2.85. The maximum atomic E-state index is 10.4. The maximum Gasteiger partial charge on any atom is 0.126 e. The summed E-state index contributed by atoms with van der Waals surface area (Å²) >= 11 is 0. The number of hydrogen-bond acceptors (Lipinski definition) is 2. The molecule has 0 radical (unpaired) electrons. The number of benzene rings is 2. The first-order chi connectivity index (χ1) is 11.9. The Morgan fingerprint density at radius 1 is 0.920 bits per heavy atom. The van der Waals surface area contributed by atoms with Gasteiger partial charge in [-0.15, -0.1) is 0 Å². The van der Waals surface area contributed by atoms with Gasteiger partial charge in [0.2, 0.25) is 0 Å². The molecule has 0 aliphatic heterocycles. The first kappa shape index (κ1) is 19.6. The molecule has 3 heteroatoms. The van der Waals surface area contributed by atoms with Crippen LogP contribution < -0.4 is 4.90 Å². The highest BCUT2D eigenvalue weighted by Gasteiger charge is 2.19. The summed E-state index contributed by atoms with van der Waals surface area (Å²) in [7, 11) is 0. The van der Waals surface area contributed by atoms with Crippen molar-refractivity contribution in [1.82, 2.24) is 0 Å². The van der Waals surface area contributed by atoms with Gasteiger partial charge in [0.25, 0.3) is 0 Å². The van der Waals surface area contributed by atoms with Crippen LogP contribution >= 0.6 is 0 Å². The summed E-state index contributed by atoms with van der Waals surface area (Å²) < 4.78 is 5.74. The summed E-state index contributed by atoms with van der Waals surface area (Å²) in [6.45, 7) is 9.04. The van der Waals surface area contributed by atoms with Crippen molar-refractivity contribution in [2.45, 2.75) is 45.4 Å². The van der Waals surface area contributed by atoms with Gasteiger partial charge in [-0.3, -0.25) is 0 Å². The number of ether oxygens (including phenoxy) is 1. The van der Waals surface area contributed by atoms with Gasteiger partial charge < -0.3 is 14.7 Å². The van der Waals surface area contributed by atoms with Crippen molar-refractivity contribution in [3.63, 3.8) is 0 Å². The minimum Gasteiger partial charge on any atom is -0.385 e. The monoisotopic (exact) mass is 342 g/mol. The first-order valence-corrected chi connectivity index (χ1v) is 9.16. The Hall–Kier alpha value is -1.68. The van der Waals surface area contributed by atoms with E-state index < -0.39 is 6.10 Å². The molecule has 0 spiro atoms. The van der Waals surface area contributed by atoms with Crippen LogP contribution in [0.2, 0.25) is 0 Å². The van der Waals surface area contributed by atoms with E-state index in [0.29, 0.717) is 13.2 Å². The van der Waals surface area contributed by atoms with E-state index in [4.69, 9.17) is 4.74 Å². The zero-order valence-corrected chi connectivity index (χ0v) is 15.7. The minimum atomic E-state index is -0.450.